The van der Waals surface area contributed by atoms with E-state index < -0.39 is 23.7 Å². The summed E-state index contributed by atoms with van der Waals surface area (Å²) in [6, 6.07) is 8.44. The van der Waals surface area contributed by atoms with Crippen molar-refractivity contribution in [3.8, 4) is 0 Å². The van der Waals surface area contributed by atoms with Crippen LogP contribution in [0, 0.1) is 0 Å². The van der Waals surface area contributed by atoms with Crippen LogP contribution in [0.25, 0.3) is 0 Å². The summed E-state index contributed by atoms with van der Waals surface area (Å²) < 4.78 is 16.0. The van der Waals surface area contributed by atoms with Crippen molar-refractivity contribution in [2.24, 2.45) is 0 Å². The van der Waals surface area contributed by atoms with Gasteiger partial charge in [-0.1, -0.05) is 30.3 Å². The van der Waals surface area contributed by atoms with Crippen LogP contribution in [0.2, 0.25) is 0 Å². The second kappa shape index (κ2) is 9.69. The van der Waals surface area contributed by atoms with E-state index in [1.807, 2.05) is 30.3 Å². The molecule has 0 aliphatic heterocycles. The third-order valence-electron chi connectivity index (χ3n) is 3.94. The Hall–Kier alpha value is -3.40. The van der Waals surface area contributed by atoms with Crippen LogP contribution in [-0.4, -0.2) is 53.6 Å². The Bertz CT molecular complexity index is 847. The first-order valence-electron chi connectivity index (χ1n) is 8.97. The number of anilines is 1. The summed E-state index contributed by atoms with van der Waals surface area (Å²) in [6.07, 6.45) is 1.58. The highest BCUT2D eigenvalue weighted by Crippen LogP contribution is 2.16. The Balaban J connectivity index is 2.36. The molecule has 0 aliphatic rings. The number of aromatic nitrogens is 2. The highest BCUT2D eigenvalue weighted by molar-refractivity contribution is 6.06. The SMILES string of the molecule is CCOC(=O)C(NC(=O)n1cc(N)nc1Cc1ccccc1)(OC)C(=O)OCC. The molecule has 0 fully saturated rings. The number of ether oxygens (including phenoxy) is 3. The molecule has 0 saturated carbocycles. The van der Waals surface area contributed by atoms with Gasteiger partial charge in [-0.15, -0.1) is 0 Å². The molecule has 0 bridgehead atoms. The van der Waals surface area contributed by atoms with E-state index >= 15 is 0 Å². The zero-order chi connectivity index (χ0) is 21.4. The van der Waals surface area contributed by atoms with Gasteiger partial charge in [-0.2, -0.15) is 0 Å². The summed E-state index contributed by atoms with van der Waals surface area (Å²) >= 11 is 0. The van der Waals surface area contributed by atoms with Crippen molar-refractivity contribution in [2.45, 2.75) is 26.0 Å². The fourth-order valence-electron chi connectivity index (χ4n) is 2.60. The van der Waals surface area contributed by atoms with Gasteiger partial charge in [0.1, 0.15) is 11.6 Å². The summed E-state index contributed by atoms with van der Waals surface area (Å²) in [7, 11) is 1.08. The molecule has 0 saturated heterocycles. The summed E-state index contributed by atoms with van der Waals surface area (Å²) in [4.78, 5) is 42.0. The number of imidazole rings is 1. The van der Waals surface area contributed by atoms with E-state index in [9.17, 15) is 14.4 Å². The van der Waals surface area contributed by atoms with Crippen molar-refractivity contribution in [3.05, 3.63) is 47.9 Å². The minimum absolute atomic E-state index is 0.0313. The number of carbonyl (C=O) groups excluding carboxylic acids is 3. The number of hydrogen-bond acceptors (Lipinski definition) is 8. The Morgan fingerprint density at radius 2 is 1.69 bits per heavy atom. The summed E-state index contributed by atoms with van der Waals surface area (Å²) in [6.45, 7) is 3.05. The fourth-order valence-corrected chi connectivity index (χ4v) is 2.60. The monoisotopic (exact) mass is 404 g/mol. The second-order valence-electron chi connectivity index (χ2n) is 5.87. The lowest BCUT2D eigenvalue weighted by Gasteiger charge is -2.28. The number of carbonyl (C=O) groups is 3. The topological polar surface area (TPSA) is 135 Å². The van der Waals surface area contributed by atoms with E-state index in [-0.39, 0.29) is 19.0 Å². The van der Waals surface area contributed by atoms with Crippen molar-refractivity contribution in [3.63, 3.8) is 0 Å². The molecule has 0 aliphatic carbocycles. The second-order valence-corrected chi connectivity index (χ2v) is 5.87. The molecule has 1 heterocycles. The van der Waals surface area contributed by atoms with Gasteiger partial charge in [-0.3, -0.25) is 9.88 Å². The van der Waals surface area contributed by atoms with Gasteiger partial charge >= 0.3 is 23.7 Å². The molecule has 0 radical (unpaired) electrons. The predicted octanol–water partition coefficient (Wildman–Crippen LogP) is 1.08. The van der Waals surface area contributed by atoms with Crippen molar-refractivity contribution in [2.75, 3.05) is 26.1 Å². The largest absolute Gasteiger partial charge is 0.462 e. The number of nitrogens with zero attached hydrogens (tertiary/aromatic N) is 2. The maximum atomic E-state index is 12.9. The zero-order valence-corrected chi connectivity index (χ0v) is 16.5. The number of rotatable bonds is 8. The normalized spacial score (nSPS) is 11.0. The van der Waals surface area contributed by atoms with Crippen LogP contribution < -0.4 is 11.1 Å². The standard InChI is InChI=1S/C19H24N4O6/c1-4-28-16(24)19(27-3,17(25)29-5-2)22-18(26)23-12-14(20)21-15(23)11-13-9-7-6-8-10-13/h6-10,12H,4-5,11,20H2,1-3H3,(H,22,26). The number of amides is 1. The van der Waals surface area contributed by atoms with Gasteiger partial charge in [0.15, 0.2) is 0 Å². The molecule has 0 spiro atoms. The van der Waals surface area contributed by atoms with Crippen LogP contribution in [-0.2, 0) is 30.2 Å². The van der Waals surface area contributed by atoms with E-state index in [1.54, 1.807) is 13.8 Å². The molecule has 3 N–H and O–H groups in total. The zero-order valence-electron chi connectivity index (χ0n) is 16.5. The maximum absolute atomic E-state index is 12.9. The summed E-state index contributed by atoms with van der Waals surface area (Å²) in [5, 5.41) is 2.26. The number of nitrogen functional groups attached to an aromatic ring is 1. The molecule has 2 aromatic rings. The van der Waals surface area contributed by atoms with Gasteiger partial charge in [0.25, 0.3) is 0 Å². The number of benzene rings is 1. The van der Waals surface area contributed by atoms with Crippen molar-refractivity contribution < 1.29 is 28.6 Å². The Kier molecular flexibility index (Phi) is 7.32. The molecule has 1 amide bonds. The van der Waals surface area contributed by atoms with E-state index in [2.05, 4.69) is 10.3 Å². The number of nitrogens with one attached hydrogen (secondary N) is 1. The first-order chi connectivity index (χ1) is 13.9. The third kappa shape index (κ3) is 4.91. The number of hydrogen-bond donors (Lipinski definition) is 2. The highest BCUT2D eigenvalue weighted by atomic mass is 16.6. The minimum atomic E-state index is -2.47. The van der Waals surface area contributed by atoms with Crippen LogP contribution in [0.1, 0.15) is 25.2 Å². The van der Waals surface area contributed by atoms with Crippen molar-refractivity contribution in [1.29, 1.82) is 0 Å². The average molecular weight is 404 g/mol. The van der Waals surface area contributed by atoms with E-state index in [1.165, 1.54) is 6.20 Å². The van der Waals surface area contributed by atoms with Crippen LogP contribution in [0.4, 0.5) is 10.6 Å². The van der Waals surface area contributed by atoms with Gasteiger partial charge in [0.2, 0.25) is 0 Å². The molecule has 10 nitrogen and oxygen atoms in total. The fraction of sp³-hybridized carbons (Fsp3) is 0.368. The highest BCUT2D eigenvalue weighted by Gasteiger charge is 2.52. The van der Waals surface area contributed by atoms with Crippen molar-refractivity contribution >= 4 is 23.8 Å². The number of esters is 2. The lowest BCUT2D eigenvalue weighted by molar-refractivity contribution is -0.190. The van der Waals surface area contributed by atoms with E-state index in [0.29, 0.717) is 12.2 Å². The molecule has 29 heavy (non-hydrogen) atoms. The smallest absolute Gasteiger partial charge is 0.372 e. The minimum Gasteiger partial charge on any atom is -0.462 e. The van der Waals surface area contributed by atoms with Gasteiger partial charge in [0.05, 0.1) is 19.4 Å². The molecular formula is C19H24N4O6. The lowest BCUT2D eigenvalue weighted by atomic mass is 10.1. The van der Waals surface area contributed by atoms with E-state index in [0.717, 1.165) is 17.2 Å². The molecule has 0 atom stereocenters. The molecule has 156 valence electrons. The Labute approximate surface area is 167 Å². The molecule has 1 aromatic heterocycles. The Morgan fingerprint density at radius 3 is 2.21 bits per heavy atom. The Morgan fingerprint density at radius 1 is 1.10 bits per heavy atom. The first-order valence-corrected chi connectivity index (χ1v) is 8.97. The average Bonchev–Trinajstić information content (AvgIpc) is 3.07. The van der Waals surface area contributed by atoms with E-state index in [4.69, 9.17) is 19.9 Å². The van der Waals surface area contributed by atoms with Crippen LogP contribution in [0.15, 0.2) is 36.5 Å². The third-order valence-corrected chi connectivity index (χ3v) is 3.94. The van der Waals surface area contributed by atoms with Gasteiger partial charge < -0.3 is 19.9 Å². The lowest BCUT2D eigenvalue weighted by Crippen LogP contribution is -2.63. The predicted molar refractivity (Wildman–Crippen MR) is 103 cm³/mol. The molecule has 1 aromatic carbocycles. The van der Waals surface area contributed by atoms with Gasteiger partial charge in [-0.05, 0) is 19.4 Å². The number of nitrogens with two attached hydrogens (primary N) is 1. The van der Waals surface area contributed by atoms with Crippen LogP contribution in [0.5, 0.6) is 0 Å². The van der Waals surface area contributed by atoms with Crippen molar-refractivity contribution in [1.82, 2.24) is 14.9 Å². The molecular weight excluding hydrogens is 380 g/mol. The summed E-state index contributed by atoms with van der Waals surface area (Å²) in [5.74, 6) is -1.80. The molecule has 2 rings (SSSR count). The van der Waals surface area contributed by atoms with Crippen LogP contribution >= 0.6 is 0 Å². The number of methoxy groups -OCH3 is 1. The van der Waals surface area contributed by atoms with Gasteiger partial charge in [0, 0.05) is 13.5 Å². The van der Waals surface area contributed by atoms with Gasteiger partial charge in [-0.25, -0.2) is 19.4 Å². The summed E-state index contributed by atoms with van der Waals surface area (Å²) in [5.41, 5.74) is 4.18. The quantitative estimate of drug-likeness (QED) is 0.379. The molecule has 0 unspecified atom stereocenters. The maximum Gasteiger partial charge on any atom is 0.372 e. The van der Waals surface area contributed by atoms with Crippen LogP contribution in [0.3, 0.4) is 0 Å². The molecule has 10 heteroatoms. The first kappa shape index (κ1) is 21.9.